The highest BCUT2D eigenvalue weighted by atomic mass is 79.9. The maximum absolute atomic E-state index is 12.3. The van der Waals surface area contributed by atoms with Gasteiger partial charge in [0.05, 0.1) is 11.1 Å². The van der Waals surface area contributed by atoms with Gasteiger partial charge in [-0.2, -0.15) is 0 Å². The molecular formula is C15H8BrNO3. The molecule has 0 fully saturated rings. The first-order chi connectivity index (χ1) is 9.59. The molecule has 0 saturated heterocycles. The minimum atomic E-state index is -0.604. The molecule has 0 aromatic heterocycles. The van der Waals surface area contributed by atoms with Crippen molar-refractivity contribution < 1.29 is 14.4 Å². The Kier molecular flexibility index (Phi) is 2.99. The van der Waals surface area contributed by atoms with Crippen molar-refractivity contribution in [3.8, 4) is 0 Å². The third-order valence-electron chi connectivity index (χ3n) is 3.07. The van der Waals surface area contributed by atoms with Crippen molar-refractivity contribution in [3.63, 3.8) is 0 Å². The standard InChI is InChI=1S/C15H8BrNO3/c16-10-6-7-11-12(8-10)15(20)17(14(11)19)13(18)9-4-2-1-3-5-9/h1-8H. The van der Waals surface area contributed by atoms with E-state index in [9.17, 15) is 14.4 Å². The highest BCUT2D eigenvalue weighted by Gasteiger charge is 2.40. The first-order valence-electron chi connectivity index (χ1n) is 5.87. The molecule has 0 bridgehead atoms. The summed E-state index contributed by atoms with van der Waals surface area (Å²) in [5, 5.41) is 0. The fourth-order valence-corrected chi connectivity index (χ4v) is 2.47. The van der Waals surface area contributed by atoms with E-state index in [0.717, 1.165) is 0 Å². The van der Waals surface area contributed by atoms with Crippen LogP contribution in [0.25, 0.3) is 0 Å². The molecule has 0 radical (unpaired) electrons. The Morgan fingerprint density at radius 2 is 1.55 bits per heavy atom. The van der Waals surface area contributed by atoms with Gasteiger partial charge in [-0.3, -0.25) is 14.4 Å². The lowest BCUT2D eigenvalue weighted by Crippen LogP contribution is -2.36. The summed E-state index contributed by atoms with van der Waals surface area (Å²) in [4.78, 5) is 37.4. The van der Waals surface area contributed by atoms with Crippen molar-refractivity contribution in [2.45, 2.75) is 0 Å². The summed E-state index contributed by atoms with van der Waals surface area (Å²) in [6.45, 7) is 0. The fourth-order valence-electron chi connectivity index (χ4n) is 2.11. The van der Waals surface area contributed by atoms with E-state index >= 15 is 0 Å². The van der Waals surface area contributed by atoms with Crippen LogP contribution in [0.15, 0.2) is 53.0 Å². The molecular weight excluding hydrogens is 322 g/mol. The second kappa shape index (κ2) is 4.68. The summed E-state index contributed by atoms with van der Waals surface area (Å²) >= 11 is 3.25. The lowest BCUT2D eigenvalue weighted by Gasteiger charge is -2.11. The zero-order valence-corrected chi connectivity index (χ0v) is 11.8. The largest absolute Gasteiger partial charge is 0.268 e. The highest BCUT2D eigenvalue weighted by molar-refractivity contribution is 9.10. The molecule has 0 unspecified atom stereocenters. The molecule has 3 rings (SSSR count). The van der Waals surface area contributed by atoms with Gasteiger partial charge in [-0.15, -0.1) is 0 Å². The van der Waals surface area contributed by atoms with E-state index in [4.69, 9.17) is 0 Å². The molecule has 1 aliphatic heterocycles. The summed E-state index contributed by atoms with van der Waals surface area (Å²) < 4.78 is 0.686. The summed E-state index contributed by atoms with van der Waals surface area (Å²) in [6.07, 6.45) is 0. The Hall–Kier alpha value is -2.27. The van der Waals surface area contributed by atoms with E-state index in [1.165, 1.54) is 6.07 Å². The normalized spacial score (nSPS) is 13.6. The minimum Gasteiger partial charge on any atom is -0.268 e. The average Bonchev–Trinajstić information content (AvgIpc) is 2.71. The van der Waals surface area contributed by atoms with E-state index in [1.54, 1.807) is 42.5 Å². The molecule has 0 N–H and O–H groups in total. The number of halogens is 1. The van der Waals surface area contributed by atoms with Gasteiger partial charge < -0.3 is 0 Å². The molecule has 5 heteroatoms. The Morgan fingerprint density at radius 3 is 2.25 bits per heavy atom. The zero-order valence-electron chi connectivity index (χ0n) is 10.2. The Balaban J connectivity index is 2.04. The van der Waals surface area contributed by atoms with Crippen LogP contribution in [0.2, 0.25) is 0 Å². The fraction of sp³-hybridized carbons (Fsp3) is 0. The van der Waals surface area contributed by atoms with E-state index in [-0.39, 0.29) is 11.1 Å². The van der Waals surface area contributed by atoms with Crippen molar-refractivity contribution in [2.75, 3.05) is 0 Å². The van der Waals surface area contributed by atoms with E-state index in [1.807, 2.05) is 0 Å². The Bertz CT molecular complexity index is 740. The Morgan fingerprint density at radius 1 is 0.900 bits per heavy atom. The van der Waals surface area contributed by atoms with Gasteiger partial charge in [0.2, 0.25) is 0 Å². The lowest BCUT2D eigenvalue weighted by atomic mass is 10.1. The number of carbonyl (C=O) groups is 3. The second-order valence-corrected chi connectivity index (χ2v) is 5.22. The van der Waals surface area contributed by atoms with Crippen molar-refractivity contribution in [3.05, 3.63) is 69.7 Å². The van der Waals surface area contributed by atoms with Crippen LogP contribution in [0.3, 0.4) is 0 Å². The molecule has 2 aromatic rings. The molecule has 1 heterocycles. The first-order valence-corrected chi connectivity index (χ1v) is 6.66. The van der Waals surface area contributed by atoms with E-state index < -0.39 is 17.7 Å². The number of nitrogens with zero attached hydrogens (tertiary/aromatic N) is 1. The maximum atomic E-state index is 12.3. The van der Waals surface area contributed by atoms with Crippen LogP contribution in [0.1, 0.15) is 31.1 Å². The van der Waals surface area contributed by atoms with Crippen LogP contribution in [-0.4, -0.2) is 22.6 Å². The average molecular weight is 330 g/mol. The number of hydrogen-bond acceptors (Lipinski definition) is 3. The molecule has 0 saturated carbocycles. The van der Waals surface area contributed by atoms with Gasteiger partial charge in [0.15, 0.2) is 0 Å². The van der Waals surface area contributed by atoms with Crippen LogP contribution in [0.5, 0.6) is 0 Å². The van der Waals surface area contributed by atoms with Crippen LogP contribution >= 0.6 is 15.9 Å². The van der Waals surface area contributed by atoms with Crippen molar-refractivity contribution >= 4 is 33.7 Å². The van der Waals surface area contributed by atoms with Gasteiger partial charge in [0.1, 0.15) is 0 Å². The lowest BCUT2D eigenvalue weighted by molar-refractivity contribution is 0.0566. The van der Waals surface area contributed by atoms with Gasteiger partial charge in [-0.05, 0) is 30.3 Å². The summed E-state index contributed by atoms with van der Waals surface area (Å²) in [7, 11) is 0. The molecule has 98 valence electrons. The van der Waals surface area contributed by atoms with Gasteiger partial charge >= 0.3 is 0 Å². The topological polar surface area (TPSA) is 54.5 Å². The van der Waals surface area contributed by atoms with Gasteiger partial charge in [-0.25, -0.2) is 4.90 Å². The molecule has 4 nitrogen and oxygen atoms in total. The van der Waals surface area contributed by atoms with Crippen LogP contribution < -0.4 is 0 Å². The highest BCUT2D eigenvalue weighted by Crippen LogP contribution is 2.27. The molecule has 0 spiro atoms. The zero-order chi connectivity index (χ0) is 14.3. The maximum Gasteiger partial charge on any atom is 0.268 e. The quantitative estimate of drug-likeness (QED) is 0.756. The predicted octanol–water partition coefficient (Wildman–Crippen LogP) is 2.89. The number of imide groups is 3. The monoisotopic (exact) mass is 329 g/mol. The van der Waals surface area contributed by atoms with Crippen LogP contribution in [0.4, 0.5) is 0 Å². The molecule has 0 aliphatic carbocycles. The van der Waals surface area contributed by atoms with E-state index in [0.29, 0.717) is 14.9 Å². The molecule has 1 aliphatic rings. The molecule has 2 aromatic carbocycles. The number of fused-ring (bicyclic) bond motifs is 1. The summed E-state index contributed by atoms with van der Waals surface area (Å²) in [6, 6.07) is 13.0. The van der Waals surface area contributed by atoms with Gasteiger partial charge in [-0.1, -0.05) is 34.1 Å². The second-order valence-electron chi connectivity index (χ2n) is 4.31. The first kappa shape index (κ1) is 12.7. The molecule has 3 amide bonds. The van der Waals surface area contributed by atoms with Crippen LogP contribution in [-0.2, 0) is 0 Å². The number of hydrogen-bond donors (Lipinski definition) is 0. The van der Waals surface area contributed by atoms with E-state index in [2.05, 4.69) is 15.9 Å². The molecule has 20 heavy (non-hydrogen) atoms. The number of benzene rings is 2. The molecule has 0 atom stereocenters. The smallest absolute Gasteiger partial charge is 0.268 e. The number of rotatable bonds is 1. The van der Waals surface area contributed by atoms with Gasteiger partial charge in [0.25, 0.3) is 17.7 Å². The van der Waals surface area contributed by atoms with Crippen molar-refractivity contribution in [1.82, 2.24) is 4.90 Å². The number of amides is 3. The Labute approximate surface area is 123 Å². The number of carbonyl (C=O) groups excluding carboxylic acids is 3. The van der Waals surface area contributed by atoms with Crippen LogP contribution in [0, 0.1) is 0 Å². The summed E-state index contributed by atoms with van der Waals surface area (Å²) in [5.41, 5.74) is 0.803. The third kappa shape index (κ3) is 1.87. The third-order valence-corrected chi connectivity index (χ3v) is 3.57. The summed E-state index contributed by atoms with van der Waals surface area (Å²) in [5.74, 6) is -1.76. The predicted molar refractivity (Wildman–Crippen MR) is 75.4 cm³/mol. The van der Waals surface area contributed by atoms with Crippen molar-refractivity contribution in [1.29, 1.82) is 0 Å². The van der Waals surface area contributed by atoms with Gasteiger partial charge in [0, 0.05) is 10.0 Å². The SMILES string of the molecule is O=C(c1ccccc1)N1C(=O)c2ccc(Br)cc2C1=O. The van der Waals surface area contributed by atoms with Crippen molar-refractivity contribution in [2.24, 2.45) is 0 Å². The minimum absolute atomic E-state index is 0.244.